The lowest BCUT2D eigenvalue weighted by Gasteiger charge is -2.28. The Morgan fingerprint density at radius 2 is 2.30 bits per heavy atom. The van der Waals surface area contributed by atoms with Gasteiger partial charge in [0, 0.05) is 12.8 Å². The number of nitrogens with zero attached hydrogens (tertiary/aromatic N) is 1. The largest absolute Gasteiger partial charge is 0.293 e. The molecule has 1 aliphatic rings. The first-order valence-corrected chi connectivity index (χ1v) is 3.83. The van der Waals surface area contributed by atoms with Gasteiger partial charge in [-0.15, -0.1) is 0 Å². The van der Waals surface area contributed by atoms with E-state index in [2.05, 4.69) is 31.8 Å². The monoisotopic (exact) mass is 137 g/mol. The van der Waals surface area contributed by atoms with E-state index >= 15 is 0 Å². The van der Waals surface area contributed by atoms with Gasteiger partial charge >= 0.3 is 0 Å². The third-order valence-electron chi connectivity index (χ3n) is 2.19. The van der Waals surface area contributed by atoms with E-state index in [1.807, 2.05) is 6.21 Å². The molecule has 1 aliphatic heterocycles. The molecule has 0 saturated heterocycles. The first-order chi connectivity index (χ1) is 4.67. The highest BCUT2D eigenvalue weighted by Gasteiger charge is 2.23. The van der Waals surface area contributed by atoms with Gasteiger partial charge < -0.3 is 0 Å². The molecule has 0 aliphatic carbocycles. The van der Waals surface area contributed by atoms with Gasteiger partial charge in [-0.05, 0) is 24.3 Å². The van der Waals surface area contributed by atoms with Gasteiger partial charge in [-0.25, -0.2) is 0 Å². The maximum atomic E-state index is 4.23. The Bertz CT molecular complexity index is 175. The molecule has 10 heavy (non-hydrogen) atoms. The summed E-state index contributed by atoms with van der Waals surface area (Å²) in [5.41, 5.74) is 1.73. The molecule has 56 valence electrons. The lowest BCUT2D eigenvalue weighted by Crippen LogP contribution is -2.20. The summed E-state index contributed by atoms with van der Waals surface area (Å²) in [7, 11) is 0. The molecule has 0 atom stereocenters. The fourth-order valence-corrected chi connectivity index (χ4v) is 1.29. The van der Waals surface area contributed by atoms with E-state index in [0.717, 1.165) is 6.54 Å². The van der Waals surface area contributed by atoms with Gasteiger partial charge in [0.25, 0.3) is 0 Å². The lowest BCUT2D eigenvalue weighted by atomic mass is 9.80. The van der Waals surface area contributed by atoms with Crippen molar-refractivity contribution in [3.05, 3.63) is 11.6 Å². The third-order valence-corrected chi connectivity index (χ3v) is 2.19. The maximum absolute atomic E-state index is 4.23. The van der Waals surface area contributed by atoms with E-state index in [1.54, 1.807) is 0 Å². The molecule has 0 spiro atoms. The third kappa shape index (κ3) is 1.28. The number of hydrogen-bond donors (Lipinski definition) is 0. The number of hydrogen-bond acceptors (Lipinski definition) is 1. The zero-order chi connectivity index (χ0) is 7.61. The van der Waals surface area contributed by atoms with Gasteiger partial charge in [-0.1, -0.05) is 19.9 Å². The Hall–Kier alpha value is -0.590. The first kappa shape index (κ1) is 7.52. The van der Waals surface area contributed by atoms with E-state index in [4.69, 9.17) is 0 Å². The van der Waals surface area contributed by atoms with Crippen LogP contribution in [-0.4, -0.2) is 12.8 Å². The second-order valence-electron chi connectivity index (χ2n) is 3.41. The summed E-state index contributed by atoms with van der Waals surface area (Å²) < 4.78 is 0. The van der Waals surface area contributed by atoms with Crippen molar-refractivity contribution >= 4 is 6.21 Å². The summed E-state index contributed by atoms with van der Waals surface area (Å²) in [6, 6.07) is 0. The van der Waals surface area contributed by atoms with Gasteiger partial charge in [0.1, 0.15) is 0 Å². The summed E-state index contributed by atoms with van der Waals surface area (Å²) >= 11 is 0. The molecule has 0 aromatic carbocycles. The van der Waals surface area contributed by atoms with Gasteiger partial charge in [0.05, 0.1) is 0 Å². The van der Waals surface area contributed by atoms with Crippen LogP contribution in [0.15, 0.2) is 16.6 Å². The average molecular weight is 137 g/mol. The van der Waals surface area contributed by atoms with Crippen LogP contribution in [0.5, 0.6) is 0 Å². The summed E-state index contributed by atoms with van der Waals surface area (Å²) in [5, 5.41) is 0. The second-order valence-corrected chi connectivity index (χ2v) is 3.41. The fourth-order valence-electron chi connectivity index (χ4n) is 1.29. The van der Waals surface area contributed by atoms with Crippen LogP contribution in [0.4, 0.5) is 0 Å². The molecule has 0 saturated carbocycles. The van der Waals surface area contributed by atoms with Crippen molar-refractivity contribution in [2.75, 3.05) is 6.54 Å². The van der Waals surface area contributed by atoms with Crippen molar-refractivity contribution in [3.63, 3.8) is 0 Å². The Balaban J connectivity index is 2.87. The van der Waals surface area contributed by atoms with Crippen LogP contribution in [0.3, 0.4) is 0 Å². The minimum atomic E-state index is 0.358. The molecule has 0 aromatic heterocycles. The second kappa shape index (κ2) is 2.57. The molecular weight excluding hydrogens is 122 g/mol. The van der Waals surface area contributed by atoms with Crippen molar-refractivity contribution in [2.24, 2.45) is 10.4 Å². The molecule has 0 radical (unpaired) electrons. The fraction of sp³-hybridized carbons (Fsp3) is 0.667. The average Bonchev–Trinajstić information content (AvgIpc) is 1.87. The maximum Gasteiger partial charge on any atom is 0.0397 e. The Morgan fingerprint density at radius 1 is 1.60 bits per heavy atom. The predicted octanol–water partition coefficient (Wildman–Crippen LogP) is 2.43. The van der Waals surface area contributed by atoms with E-state index in [0.29, 0.717) is 5.41 Å². The van der Waals surface area contributed by atoms with E-state index in [1.165, 1.54) is 12.0 Å². The minimum absolute atomic E-state index is 0.358. The Morgan fingerprint density at radius 3 is 2.70 bits per heavy atom. The van der Waals surface area contributed by atoms with Crippen LogP contribution < -0.4 is 0 Å². The molecule has 1 heteroatoms. The van der Waals surface area contributed by atoms with Crippen molar-refractivity contribution in [2.45, 2.75) is 27.2 Å². The smallest absolute Gasteiger partial charge is 0.0397 e. The predicted molar refractivity (Wildman–Crippen MR) is 45.5 cm³/mol. The standard InChI is InChI=1S/C9H15N/c1-4-8-7-10-6-5-9(8,2)3/h4,7H,5-6H2,1-3H3/b8-4-. The molecule has 0 fully saturated rings. The molecule has 0 unspecified atom stereocenters. The van der Waals surface area contributed by atoms with E-state index < -0.39 is 0 Å². The van der Waals surface area contributed by atoms with Crippen molar-refractivity contribution in [1.82, 2.24) is 0 Å². The number of allylic oxidation sites excluding steroid dienone is 2. The normalized spacial score (nSPS) is 27.3. The Labute approximate surface area is 62.9 Å². The zero-order valence-electron chi connectivity index (χ0n) is 7.02. The van der Waals surface area contributed by atoms with Gasteiger partial charge in [-0.3, -0.25) is 4.99 Å². The molecule has 0 amide bonds. The number of rotatable bonds is 0. The highest BCUT2D eigenvalue weighted by molar-refractivity contribution is 5.80. The summed E-state index contributed by atoms with van der Waals surface area (Å²) in [6.45, 7) is 7.61. The summed E-state index contributed by atoms with van der Waals surface area (Å²) in [6.07, 6.45) is 5.34. The molecule has 0 N–H and O–H groups in total. The highest BCUT2D eigenvalue weighted by atomic mass is 14.7. The van der Waals surface area contributed by atoms with Crippen molar-refractivity contribution in [1.29, 1.82) is 0 Å². The number of aliphatic imine (C=N–C) groups is 1. The molecule has 1 rings (SSSR count). The van der Waals surface area contributed by atoms with Crippen LogP contribution in [0.25, 0.3) is 0 Å². The molecule has 1 heterocycles. The lowest BCUT2D eigenvalue weighted by molar-refractivity contribution is 0.422. The van der Waals surface area contributed by atoms with Crippen LogP contribution in [0.1, 0.15) is 27.2 Å². The van der Waals surface area contributed by atoms with Crippen LogP contribution in [0, 0.1) is 5.41 Å². The first-order valence-electron chi connectivity index (χ1n) is 3.83. The Kier molecular flexibility index (Phi) is 1.93. The SMILES string of the molecule is C/C=C1/C=NCCC1(C)C. The van der Waals surface area contributed by atoms with Gasteiger partial charge in [0.15, 0.2) is 0 Å². The summed E-state index contributed by atoms with van der Waals surface area (Å²) in [4.78, 5) is 4.23. The minimum Gasteiger partial charge on any atom is -0.293 e. The topological polar surface area (TPSA) is 12.4 Å². The van der Waals surface area contributed by atoms with Gasteiger partial charge in [-0.2, -0.15) is 0 Å². The molecule has 1 nitrogen and oxygen atoms in total. The van der Waals surface area contributed by atoms with E-state index in [-0.39, 0.29) is 0 Å². The van der Waals surface area contributed by atoms with Crippen molar-refractivity contribution in [3.8, 4) is 0 Å². The summed E-state index contributed by atoms with van der Waals surface area (Å²) in [5.74, 6) is 0. The highest BCUT2D eigenvalue weighted by Crippen LogP contribution is 2.31. The van der Waals surface area contributed by atoms with Crippen LogP contribution in [0.2, 0.25) is 0 Å². The van der Waals surface area contributed by atoms with Crippen molar-refractivity contribution < 1.29 is 0 Å². The van der Waals surface area contributed by atoms with Crippen LogP contribution in [-0.2, 0) is 0 Å². The quantitative estimate of drug-likeness (QED) is 0.486. The molecule has 0 aromatic rings. The zero-order valence-corrected chi connectivity index (χ0v) is 7.02. The van der Waals surface area contributed by atoms with E-state index in [9.17, 15) is 0 Å². The molecular formula is C9H15N. The van der Waals surface area contributed by atoms with Crippen LogP contribution >= 0.6 is 0 Å². The molecule has 0 bridgehead atoms. The van der Waals surface area contributed by atoms with Gasteiger partial charge in [0.2, 0.25) is 0 Å².